The highest BCUT2D eigenvalue weighted by Gasteiger charge is 2.16. The third-order valence-electron chi connectivity index (χ3n) is 4.20. The molecule has 0 unspecified atom stereocenters. The van der Waals surface area contributed by atoms with E-state index in [4.69, 9.17) is 11.6 Å². The van der Waals surface area contributed by atoms with E-state index in [2.05, 4.69) is 30.6 Å². The van der Waals surface area contributed by atoms with Crippen LogP contribution in [0.2, 0.25) is 5.02 Å². The quantitative estimate of drug-likeness (QED) is 0.439. The second-order valence-corrected chi connectivity index (χ2v) is 7.50. The second-order valence-electron chi connectivity index (χ2n) is 6.12. The predicted octanol–water partition coefficient (Wildman–Crippen LogP) is 3.32. The molecule has 1 N–H and O–H groups in total. The minimum atomic E-state index is -0.195. The monoisotopic (exact) mass is 440 g/mol. The maximum Gasteiger partial charge on any atom is 0.234 e. The molecule has 3 aromatic heterocycles. The normalized spacial score (nSPS) is 10.9. The lowest BCUT2D eigenvalue weighted by atomic mass is 10.2. The van der Waals surface area contributed by atoms with Gasteiger partial charge in [0, 0.05) is 29.5 Å². The summed E-state index contributed by atoms with van der Waals surface area (Å²) >= 11 is 7.42. The molecule has 152 valence electrons. The maximum absolute atomic E-state index is 12.6. The number of carbonyl (C=O) groups excluding carboxylic acids is 1. The topological polar surface area (TPSA) is 103 Å². The molecule has 4 aromatic rings. The first-order chi connectivity index (χ1) is 14.7. The van der Waals surface area contributed by atoms with Gasteiger partial charge < -0.3 is 9.88 Å². The summed E-state index contributed by atoms with van der Waals surface area (Å²) in [7, 11) is 0. The molecular weight excluding hydrogens is 424 g/mol. The summed E-state index contributed by atoms with van der Waals surface area (Å²) in [6.07, 6.45) is 6.40. The molecule has 3 heterocycles. The largest absolute Gasteiger partial charge is 0.323 e. The van der Waals surface area contributed by atoms with E-state index in [9.17, 15) is 4.79 Å². The van der Waals surface area contributed by atoms with Gasteiger partial charge in [0.2, 0.25) is 5.91 Å². The Bertz CT molecular complexity index is 1150. The van der Waals surface area contributed by atoms with Crippen LogP contribution in [0.15, 0.2) is 60.5 Å². The Hall–Kier alpha value is -3.24. The predicted molar refractivity (Wildman–Crippen MR) is 115 cm³/mol. The molecule has 30 heavy (non-hydrogen) atoms. The van der Waals surface area contributed by atoms with Gasteiger partial charge in [-0.15, -0.1) is 10.2 Å². The zero-order chi connectivity index (χ0) is 20.9. The third-order valence-corrected chi connectivity index (χ3v) is 5.40. The molecule has 0 fully saturated rings. The van der Waals surface area contributed by atoms with Crippen LogP contribution in [0.1, 0.15) is 6.92 Å². The van der Waals surface area contributed by atoms with Gasteiger partial charge in [0.05, 0.1) is 17.1 Å². The summed E-state index contributed by atoms with van der Waals surface area (Å²) in [5, 5.41) is 16.7. The Balaban J connectivity index is 1.48. The van der Waals surface area contributed by atoms with Gasteiger partial charge in [-0.3, -0.25) is 9.78 Å². The fraction of sp³-hybridized carbons (Fsp3) is 0.158. The molecule has 1 amide bonds. The second kappa shape index (κ2) is 9.06. The van der Waals surface area contributed by atoms with Crippen molar-refractivity contribution in [2.45, 2.75) is 18.6 Å². The van der Waals surface area contributed by atoms with Crippen LogP contribution < -0.4 is 5.32 Å². The van der Waals surface area contributed by atoms with Gasteiger partial charge >= 0.3 is 0 Å². The Labute approximate surface area is 181 Å². The van der Waals surface area contributed by atoms with Gasteiger partial charge in [0.25, 0.3) is 0 Å². The highest BCUT2D eigenvalue weighted by atomic mass is 35.5. The summed E-state index contributed by atoms with van der Waals surface area (Å²) in [5.74, 6) is 0.712. The van der Waals surface area contributed by atoms with Gasteiger partial charge in [0.1, 0.15) is 12.7 Å². The average Bonchev–Trinajstić information content (AvgIpc) is 3.43. The van der Waals surface area contributed by atoms with Gasteiger partial charge in [0.15, 0.2) is 11.0 Å². The van der Waals surface area contributed by atoms with Crippen molar-refractivity contribution in [2.24, 2.45) is 0 Å². The van der Waals surface area contributed by atoms with E-state index in [0.29, 0.717) is 28.1 Å². The van der Waals surface area contributed by atoms with Crippen LogP contribution in [0, 0.1) is 0 Å². The van der Waals surface area contributed by atoms with E-state index in [0.717, 1.165) is 11.4 Å². The molecular formula is C19H17ClN8OS. The van der Waals surface area contributed by atoms with E-state index in [-0.39, 0.29) is 11.7 Å². The fourth-order valence-electron chi connectivity index (χ4n) is 2.85. The first kappa shape index (κ1) is 20.0. The molecule has 0 aliphatic carbocycles. The third kappa shape index (κ3) is 4.34. The van der Waals surface area contributed by atoms with Crippen molar-refractivity contribution < 1.29 is 4.79 Å². The number of nitrogens with zero attached hydrogens (tertiary/aromatic N) is 7. The number of carbonyl (C=O) groups is 1. The molecule has 0 atom stereocenters. The molecule has 0 saturated heterocycles. The summed E-state index contributed by atoms with van der Waals surface area (Å²) in [5.41, 5.74) is 2.15. The summed E-state index contributed by atoms with van der Waals surface area (Å²) in [6, 6.07) is 8.93. The maximum atomic E-state index is 12.6. The molecule has 0 radical (unpaired) electrons. The fourth-order valence-corrected chi connectivity index (χ4v) is 3.83. The summed E-state index contributed by atoms with van der Waals surface area (Å²) < 4.78 is 3.53. The zero-order valence-electron chi connectivity index (χ0n) is 15.9. The van der Waals surface area contributed by atoms with Crippen LogP contribution in [-0.4, -0.2) is 46.2 Å². The smallest absolute Gasteiger partial charge is 0.234 e. The summed E-state index contributed by atoms with van der Waals surface area (Å²) in [4.78, 5) is 20.6. The lowest BCUT2D eigenvalue weighted by Crippen LogP contribution is -2.16. The van der Waals surface area contributed by atoms with E-state index < -0.39 is 0 Å². The molecule has 4 rings (SSSR count). The van der Waals surface area contributed by atoms with Crippen LogP contribution in [0.4, 0.5) is 5.69 Å². The minimum absolute atomic E-state index is 0.164. The van der Waals surface area contributed by atoms with Gasteiger partial charge in [-0.05, 0) is 37.3 Å². The first-order valence-electron chi connectivity index (χ1n) is 9.06. The first-order valence-corrected chi connectivity index (χ1v) is 10.4. The highest BCUT2D eigenvalue weighted by Crippen LogP contribution is 2.26. The van der Waals surface area contributed by atoms with E-state index in [1.807, 2.05) is 23.6 Å². The molecule has 0 aliphatic heterocycles. The van der Waals surface area contributed by atoms with Crippen LogP contribution in [-0.2, 0) is 11.3 Å². The molecule has 0 spiro atoms. The standard InChI is InChI=1S/C19H17ClN8OS/c1-2-27-18(13-5-7-21-8-6-13)25-26-19(27)30-10-17(29)24-15-9-14(20)3-4-16(15)28-12-22-11-23-28/h3-9,11-12H,2,10H2,1H3,(H,24,29). The average molecular weight is 441 g/mol. The molecule has 0 saturated carbocycles. The van der Waals surface area contributed by atoms with Crippen LogP contribution in [0.3, 0.4) is 0 Å². The number of amides is 1. The molecule has 11 heteroatoms. The van der Waals surface area contributed by atoms with Gasteiger partial charge in [-0.1, -0.05) is 23.4 Å². The number of thioether (sulfide) groups is 1. The van der Waals surface area contributed by atoms with Crippen molar-refractivity contribution in [3.05, 3.63) is 60.4 Å². The SMILES string of the molecule is CCn1c(SCC(=O)Nc2cc(Cl)ccc2-n2cncn2)nnc1-c1ccncc1. The van der Waals surface area contributed by atoms with E-state index in [1.54, 1.807) is 41.6 Å². The van der Waals surface area contributed by atoms with E-state index in [1.165, 1.54) is 18.1 Å². The number of aromatic nitrogens is 7. The van der Waals surface area contributed by atoms with Crippen molar-refractivity contribution in [1.29, 1.82) is 0 Å². The van der Waals surface area contributed by atoms with Crippen molar-refractivity contribution in [1.82, 2.24) is 34.5 Å². The number of hydrogen-bond donors (Lipinski definition) is 1. The Kier molecular flexibility index (Phi) is 6.05. The van der Waals surface area contributed by atoms with E-state index >= 15 is 0 Å². The summed E-state index contributed by atoms with van der Waals surface area (Å²) in [6.45, 7) is 2.69. The van der Waals surface area contributed by atoms with Crippen molar-refractivity contribution in [3.63, 3.8) is 0 Å². The number of halogens is 1. The van der Waals surface area contributed by atoms with Crippen LogP contribution >= 0.6 is 23.4 Å². The molecule has 0 bridgehead atoms. The number of benzene rings is 1. The van der Waals surface area contributed by atoms with Crippen LogP contribution in [0.25, 0.3) is 17.1 Å². The zero-order valence-corrected chi connectivity index (χ0v) is 17.5. The molecule has 0 aliphatic rings. The number of pyridine rings is 1. The van der Waals surface area contributed by atoms with Crippen LogP contribution in [0.5, 0.6) is 0 Å². The van der Waals surface area contributed by atoms with Crippen molar-refractivity contribution in [2.75, 3.05) is 11.1 Å². The lowest BCUT2D eigenvalue weighted by Gasteiger charge is -2.11. The molecule has 1 aromatic carbocycles. The van der Waals surface area contributed by atoms with Crippen molar-refractivity contribution in [3.8, 4) is 17.1 Å². The minimum Gasteiger partial charge on any atom is -0.323 e. The van der Waals surface area contributed by atoms with Crippen molar-refractivity contribution >= 4 is 35.0 Å². The molecule has 9 nitrogen and oxygen atoms in total. The number of rotatable bonds is 7. The number of nitrogens with one attached hydrogen (secondary N) is 1. The van der Waals surface area contributed by atoms with Gasteiger partial charge in [-0.2, -0.15) is 5.10 Å². The number of hydrogen-bond acceptors (Lipinski definition) is 7. The Morgan fingerprint density at radius 1 is 1.17 bits per heavy atom. The van der Waals surface area contributed by atoms with Gasteiger partial charge in [-0.25, -0.2) is 9.67 Å². The lowest BCUT2D eigenvalue weighted by molar-refractivity contribution is -0.113. The highest BCUT2D eigenvalue weighted by molar-refractivity contribution is 7.99. The Morgan fingerprint density at radius 3 is 2.73 bits per heavy atom. The number of anilines is 1. The Morgan fingerprint density at radius 2 is 2.00 bits per heavy atom.